The highest BCUT2D eigenvalue weighted by Gasteiger charge is 2.42. The highest BCUT2D eigenvalue weighted by Crippen LogP contribution is 2.44. The summed E-state index contributed by atoms with van der Waals surface area (Å²) in [5.74, 6) is -0.549. The molecule has 1 unspecified atom stereocenters. The third-order valence-electron chi connectivity index (χ3n) is 2.10. The van der Waals surface area contributed by atoms with Crippen molar-refractivity contribution in [1.82, 2.24) is 9.97 Å². The molecule has 0 bridgehead atoms. The van der Waals surface area contributed by atoms with Gasteiger partial charge in [0.2, 0.25) is 3.00 Å². The molecule has 0 saturated heterocycles. The number of aromatic nitrogens is 2. The fourth-order valence-corrected chi connectivity index (χ4v) is 2.17. The van der Waals surface area contributed by atoms with Gasteiger partial charge in [0.05, 0.1) is 12.8 Å². The summed E-state index contributed by atoms with van der Waals surface area (Å²) in [4.78, 5) is 19.9. The minimum absolute atomic E-state index is 0.173. The van der Waals surface area contributed by atoms with E-state index in [1.807, 2.05) is 22.6 Å². The molecule has 94 valence electrons. The van der Waals surface area contributed by atoms with Gasteiger partial charge in [-0.05, 0) is 29.5 Å². The number of carbonyl (C=O) groups is 1. The Labute approximate surface area is 122 Å². The molecule has 8 heteroatoms. The highest BCUT2D eigenvalue weighted by atomic mass is 127. The van der Waals surface area contributed by atoms with Gasteiger partial charge in [-0.25, -0.2) is 4.79 Å². The van der Waals surface area contributed by atoms with Crippen LogP contribution in [0.5, 0.6) is 0 Å². The van der Waals surface area contributed by atoms with E-state index in [9.17, 15) is 4.79 Å². The number of rotatable bonds is 3. The van der Waals surface area contributed by atoms with Crippen LogP contribution in [0.2, 0.25) is 0 Å². The van der Waals surface area contributed by atoms with E-state index in [2.05, 4.69) is 20.2 Å². The van der Waals surface area contributed by atoms with Gasteiger partial charge >= 0.3 is 5.97 Å². The average molecular weight is 379 g/mol. The number of nitrogens with zero attached hydrogens (tertiary/aromatic N) is 4. The Bertz CT molecular complexity index is 530. The fourth-order valence-electron chi connectivity index (χ4n) is 1.38. The third kappa shape index (κ3) is 2.51. The lowest BCUT2D eigenvalue weighted by molar-refractivity contribution is -0.138. The molecule has 0 amide bonds. The van der Waals surface area contributed by atoms with Crippen molar-refractivity contribution in [2.75, 3.05) is 6.61 Å². The number of azo groups is 1. The van der Waals surface area contributed by atoms with Gasteiger partial charge in [-0.3, -0.25) is 9.97 Å². The first-order valence-electron chi connectivity index (χ1n) is 5.05. The maximum absolute atomic E-state index is 11.9. The largest absolute Gasteiger partial charge is 0.462 e. The van der Waals surface area contributed by atoms with Crippen LogP contribution in [0.1, 0.15) is 12.6 Å². The number of halogens is 2. The third-order valence-corrected chi connectivity index (χ3v) is 3.12. The lowest BCUT2D eigenvalue weighted by atomic mass is 10.2. The van der Waals surface area contributed by atoms with Gasteiger partial charge in [0.1, 0.15) is 17.0 Å². The topological polar surface area (TPSA) is 76.8 Å². The smallest absolute Gasteiger partial charge is 0.341 e. The van der Waals surface area contributed by atoms with E-state index in [0.717, 1.165) is 0 Å². The SMILES string of the molecule is CCOC(=O)C1=C(c2cnccn2)N=NC1(Cl)I. The van der Waals surface area contributed by atoms with E-state index in [4.69, 9.17) is 16.3 Å². The summed E-state index contributed by atoms with van der Waals surface area (Å²) in [6.07, 6.45) is 4.52. The first-order chi connectivity index (χ1) is 8.56. The Kier molecular flexibility index (Phi) is 3.91. The van der Waals surface area contributed by atoms with Crippen LogP contribution in [0.25, 0.3) is 5.70 Å². The van der Waals surface area contributed by atoms with Gasteiger partial charge in [0.25, 0.3) is 0 Å². The highest BCUT2D eigenvalue weighted by molar-refractivity contribution is 14.1. The van der Waals surface area contributed by atoms with E-state index >= 15 is 0 Å². The first-order valence-corrected chi connectivity index (χ1v) is 6.51. The van der Waals surface area contributed by atoms with E-state index in [0.29, 0.717) is 11.4 Å². The molecule has 0 radical (unpaired) electrons. The summed E-state index contributed by atoms with van der Waals surface area (Å²) < 4.78 is 3.71. The number of ether oxygens (including phenoxy) is 1. The molecule has 18 heavy (non-hydrogen) atoms. The molecule has 0 saturated carbocycles. The summed E-state index contributed by atoms with van der Waals surface area (Å²) >= 11 is 7.95. The zero-order chi connectivity index (χ0) is 13.2. The zero-order valence-electron chi connectivity index (χ0n) is 9.30. The van der Waals surface area contributed by atoms with Crippen molar-refractivity contribution in [3.8, 4) is 0 Å². The van der Waals surface area contributed by atoms with Gasteiger partial charge in [0, 0.05) is 12.4 Å². The molecule has 1 aliphatic heterocycles. The summed E-state index contributed by atoms with van der Waals surface area (Å²) in [5, 5.41) is 7.75. The van der Waals surface area contributed by atoms with Gasteiger partial charge in [-0.15, -0.1) is 10.2 Å². The zero-order valence-corrected chi connectivity index (χ0v) is 12.2. The molecule has 1 aromatic heterocycles. The van der Waals surface area contributed by atoms with Crippen LogP contribution >= 0.6 is 34.2 Å². The van der Waals surface area contributed by atoms with E-state index < -0.39 is 8.97 Å². The lowest BCUT2D eigenvalue weighted by Crippen LogP contribution is -2.20. The van der Waals surface area contributed by atoms with E-state index in [1.54, 1.807) is 6.92 Å². The van der Waals surface area contributed by atoms with Crippen molar-refractivity contribution in [3.05, 3.63) is 29.9 Å². The van der Waals surface area contributed by atoms with Crippen LogP contribution in [0.15, 0.2) is 34.4 Å². The summed E-state index contributed by atoms with van der Waals surface area (Å²) in [7, 11) is 0. The normalized spacial score (nSPS) is 22.4. The minimum atomic E-state index is -1.25. The Morgan fingerprint density at radius 1 is 1.56 bits per heavy atom. The molecule has 2 rings (SSSR count). The van der Waals surface area contributed by atoms with Crippen LogP contribution < -0.4 is 0 Å². The number of hydrogen-bond acceptors (Lipinski definition) is 6. The van der Waals surface area contributed by atoms with Crippen LogP contribution in [-0.2, 0) is 9.53 Å². The quantitative estimate of drug-likeness (QED) is 0.350. The molecule has 1 aliphatic rings. The number of hydrogen-bond donors (Lipinski definition) is 0. The Morgan fingerprint density at radius 2 is 2.33 bits per heavy atom. The Morgan fingerprint density at radius 3 is 2.94 bits per heavy atom. The van der Waals surface area contributed by atoms with Crippen molar-refractivity contribution in [3.63, 3.8) is 0 Å². The van der Waals surface area contributed by atoms with Gasteiger partial charge < -0.3 is 4.74 Å². The molecule has 0 N–H and O–H groups in total. The maximum atomic E-state index is 11.9. The average Bonchev–Trinajstić information content (AvgIpc) is 2.66. The first kappa shape index (κ1) is 13.3. The molecular weight excluding hydrogens is 370 g/mol. The summed E-state index contributed by atoms with van der Waals surface area (Å²) in [6, 6.07) is 0. The second-order valence-electron chi connectivity index (χ2n) is 3.28. The molecule has 0 aromatic carbocycles. The lowest BCUT2D eigenvalue weighted by Gasteiger charge is -2.12. The van der Waals surface area contributed by atoms with E-state index in [1.165, 1.54) is 18.6 Å². The van der Waals surface area contributed by atoms with Crippen molar-refractivity contribution in [2.24, 2.45) is 10.2 Å². The minimum Gasteiger partial charge on any atom is -0.462 e. The monoisotopic (exact) mass is 378 g/mol. The standard InChI is InChI=1S/C10H8ClIN4O2/c1-2-18-9(17)7-8(15-16-10(7,11)12)6-5-13-3-4-14-6/h3-5H,2H2,1H3. The summed E-state index contributed by atoms with van der Waals surface area (Å²) in [5.41, 5.74) is 0.904. The molecule has 6 nitrogen and oxygen atoms in total. The summed E-state index contributed by atoms with van der Waals surface area (Å²) in [6.45, 7) is 1.96. The Hall–Kier alpha value is -1.09. The van der Waals surface area contributed by atoms with Crippen LogP contribution in [0, 0.1) is 0 Å². The van der Waals surface area contributed by atoms with Gasteiger partial charge in [-0.1, -0.05) is 11.6 Å². The van der Waals surface area contributed by atoms with Crippen molar-refractivity contribution in [2.45, 2.75) is 9.93 Å². The molecule has 1 atom stereocenters. The van der Waals surface area contributed by atoms with Crippen molar-refractivity contribution < 1.29 is 9.53 Å². The molecule has 0 aliphatic carbocycles. The number of esters is 1. The van der Waals surface area contributed by atoms with Crippen LogP contribution in [0.4, 0.5) is 0 Å². The van der Waals surface area contributed by atoms with E-state index in [-0.39, 0.29) is 12.2 Å². The molecular formula is C10H8ClIN4O2. The van der Waals surface area contributed by atoms with Crippen LogP contribution in [-0.4, -0.2) is 25.5 Å². The van der Waals surface area contributed by atoms with Crippen molar-refractivity contribution >= 4 is 45.9 Å². The number of alkyl halides is 2. The van der Waals surface area contributed by atoms with Gasteiger partial charge in [-0.2, -0.15) is 0 Å². The molecule has 0 fully saturated rings. The molecule has 2 heterocycles. The number of carbonyl (C=O) groups excluding carboxylic acids is 1. The maximum Gasteiger partial charge on any atom is 0.341 e. The van der Waals surface area contributed by atoms with Crippen LogP contribution in [0.3, 0.4) is 0 Å². The fraction of sp³-hybridized carbons (Fsp3) is 0.300. The predicted molar refractivity (Wildman–Crippen MR) is 73.0 cm³/mol. The van der Waals surface area contributed by atoms with Gasteiger partial charge in [0.15, 0.2) is 0 Å². The Balaban J connectivity index is 2.50. The molecule has 1 aromatic rings. The second-order valence-corrected chi connectivity index (χ2v) is 6.02. The molecule has 0 spiro atoms. The predicted octanol–water partition coefficient (Wildman–Crippen LogP) is 2.54. The second kappa shape index (κ2) is 5.27. The van der Waals surface area contributed by atoms with Crippen molar-refractivity contribution in [1.29, 1.82) is 0 Å².